The molecule has 0 unspecified atom stereocenters. The predicted octanol–water partition coefficient (Wildman–Crippen LogP) is 4.14. The number of ether oxygens (including phenoxy) is 3. The maximum Gasteiger partial charge on any atom is 0.203 e. The van der Waals surface area contributed by atoms with Gasteiger partial charge in [-0.25, -0.2) is 0 Å². The summed E-state index contributed by atoms with van der Waals surface area (Å²) in [5.74, 6) is 1.75. The molecule has 0 bridgehead atoms. The summed E-state index contributed by atoms with van der Waals surface area (Å²) in [6.07, 6.45) is 0. The quantitative estimate of drug-likeness (QED) is 0.577. The minimum Gasteiger partial charge on any atom is -0.493 e. The summed E-state index contributed by atoms with van der Waals surface area (Å²) >= 11 is 15.0. The van der Waals surface area contributed by atoms with Crippen molar-refractivity contribution in [3.8, 4) is 17.2 Å². The van der Waals surface area contributed by atoms with E-state index in [-0.39, 0.29) is 0 Å². The third-order valence-electron chi connectivity index (χ3n) is 4.84. The average Bonchev–Trinajstić information content (AvgIpc) is 2.77. The van der Waals surface area contributed by atoms with Gasteiger partial charge in [0.1, 0.15) is 9.98 Å². The Labute approximate surface area is 190 Å². The first kappa shape index (κ1) is 21.8. The van der Waals surface area contributed by atoms with Gasteiger partial charge in [0.05, 0.1) is 21.3 Å². The number of rotatable bonds is 5. The van der Waals surface area contributed by atoms with E-state index >= 15 is 0 Å². The van der Waals surface area contributed by atoms with E-state index in [2.05, 4.69) is 31.8 Å². The fraction of sp³-hybridized carbons (Fsp3) is 0.333. The van der Waals surface area contributed by atoms with Crippen LogP contribution in [0.25, 0.3) is 0 Å². The lowest BCUT2D eigenvalue weighted by atomic mass is 10.1. The molecule has 154 valence electrons. The van der Waals surface area contributed by atoms with E-state index in [0.29, 0.717) is 17.2 Å². The van der Waals surface area contributed by atoms with E-state index in [4.69, 9.17) is 38.6 Å². The monoisotopic (exact) mass is 494 g/mol. The van der Waals surface area contributed by atoms with Crippen molar-refractivity contribution in [2.45, 2.75) is 0 Å². The molecule has 0 atom stereocenters. The van der Waals surface area contributed by atoms with Gasteiger partial charge in [-0.2, -0.15) is 0 Å². The average molecular weight is 495 g/mol. The van der Waals surface area contributed by atoms with E-state index in [1.807, 2.05) is 30.3 Å². The van der Waals surface area contributed by atoms with Crippen LogP contribution in [0.4, 0.5) is 0 Å². The number of thiocarbonyl (C=S) groups is 2. The summed E-state index contributed by atoms with van der Waals surface area (Å²) < 4.78 is 17.3. The van der Waals surface area contributed by atoms with E-state index < -0.39 is 0 Å². The van der Waals surface area contributed by atoms with Crippen molar-refractivity contribution in [1.82, 2.24) is 9.80 Å². The molecule has 0 spiro atoms. The van der Waals surface area contributed by atoms with E-state index in [1.54, 1.807) is 21.3 Å². The Bertz CT molecular complexity index is 890. The summed E-state index contributed by atoms with van der Waals surface area (Å²) in [5.41, 5.74) is 1.92. The first-order chi connectivity index (χ1) is 14.0. The van der Waals surface area contributed by atoms with Crippen LogP contribution in [-0.4, -0.2) is 67.3 Å². The van der Waals surface area contributed by atoms with Crippen LogP contribution in [0.5, 0.6) is 17.2 Å². The first-order valence-electron chi connectivity index (χ1n) is 9.12. The van der Waals surface area contributed by atoms with Crippen LogP contribution in [0, 0.1) is 0 Å². The van der Waals surface area contributed by atoms with Crippen LogP contribution in [0.2, 0.25) is 0 Å². The molecule has 1 aliphatic heterocycles. The summed E-state index contributed by atoms with van der Waals surface area (Å²) in [5, 5.41) is 0. The number of piperazine rings is 1. The molecule has 0 amide bonds. The molecule has 5 nitrogen and oxygen atoms in total. The maximum atomic E-state index is 5.77. The summed E-state index contributed by atoms with van der Waals surface area (Å²) in [7, 11) is 4.79. The van der Waals surface area contributed by atoms with Crippen LogP contribution in [0.15, 0.2) is 40.9 Å². The molecule has 2 aromatic rings. The fourth-order valence-corrected chi connectivity index (χ4v) is 4.31. The van der Waals surface area contributed by atoms with Crippen molar-refractivity contribution in [3.63, 3.8) is 0 Å². The van der Waals surface area contributed by atoms with Crippen molar-refractivity contribution in [2.75, 3.05) is 47.5 Å². The second kappa shape index (κ2) is 9.73. The van der Waals surface area contributed by atoms with E-state index in [0.717, 1.165) is 51.8 Å². The molecule has 0 aliphatic carbocycles. The molecular formula is C21H23BrN2O3S2. The highest BCUT2D eigenvalue weighted by Crippen LogP contribution is 2.38. The molecule has 8 heteroatoms. The summed E-state index contributed by atoms with van der Waals surface area (Å²) in [4.78, 5) is 6.04. The highest BCUT2D eigenvalue weighted by molar-refractivity contribution is 9.10. The fourth-order valence-electron chi connectivity index (χ4n) is 3.30. The molecule has 0 aromatic heterocycles. The predicted molar refractivity (Wildman–Crippen MR) is 127 cm³/mol. The minimum atomic E-state index is 0.561. The molecule has 1 heterocycles. The molecule has 1 aliphatic rings. The normalized spacial score (nSPS) is 13.8. The number of hydrogen-bond acceptors (Lipinski definition) is 5. The van der Waals surface area contributed by atoms with Crippen molar-refractivity contribution in [3.05, 3.63) is 52.0 Å². The number of nitrogens with zero attached hydrogens (tertiary/aromatic N) is 2. The largest absolute Gasteiger partial charge is 0.493 e. The molecule has 0 N–H and O–H groups in total. The van der Waals surface area contributed by atoms with Crippen LogP contribution >= 0.6 is 40.4 Å². The Morgan fingerprint density at radius 2 is 1.31 bits per heavy atom. The van der Waals surface area contributed by atoms with Gasteiger partial charge in [-0.3, -0.25) is 0 Å². The second-order valence-corrected chi connectivity index (χ2v) is 8.20. The topological polar surface area (TPSA) is 34.2 Å². The number of benzene rings is 2. The standard InChI is InChI=1S/C21H23BrN2O3S2/c1-25-17-12-15(13-18(26-2)19(17)27-3)21(29)24-9-7-23(8-10-24)20(28)14-5-4-6-16(22)11-14/h4-6,11-13H,7-10H2,1-3H3. The lowest BCUT2D eigenvalue weighted by molar-refractivity contribution is 0.265. The summed E-state index contributed by atoms with van der Waals surface area (Å²) in [6, 6.07) is 11.9. The van der Waals surface area contributed by atoms with Gasteiger partial charge >= 0.3 is 0 Å². The molecule has 0 radical (unpaired) electrons. The number of halogens is 1. The lowest BCUT2D eigenvalue weighted by Gasteiger charge is -2.37. The van der Waals surface area contributed by atoms with E-state index in [1.165, 1.54) is 0 Å². The van der Waals surface area contributed by atoms with Crippen molar-refractivity contribution < 1.29 is 14.2 Å². The van der Waals surface area contributed by atoms with Crippen LogP contribution in [0.1, 0.15) is 11.1 Å². The third kappa shape index (κ3) is 4.82. The minimum absolute atomic E-state index is 0.561. The van der Waals surface area contributed by atoms with Gasteiger partial charge in [0.15, 0.2) is 11.5 Å². The number of methoxy groups -OCH3 is 3. The lowest BCUT2D eigenvalue weighted by Crippen LogP contribution is -2.50. The van der Waals surface area contributed by atoms with Crippen molar-refractivity contribution in [2.24, 2.45) is 0 Å². The van der Waals surface area contributed by atoms with Gasteiger partial charge in [0.25, 0.3) is 0 Å². The van der Waals surface area contributed by atoms with Gasteiger partial charge in [0, 0.05) is 41.8 Å². The van der Waals surface area contributed by atoms with Crippen molar-refractivity contribution >= 4 is 50.3 Å². The molecule has 2 aromatic carbocycles. The van der Waals surface area contributed by atoms with Gasteiger partial charge in [-0.15, -0.1) is 0 Å². The van der Waals surface area contributed by atoms with Gasteiger partial charge in [0.2, 0.25) is 5.75 Å². The molecule has 1 saturated heterocycles. The van der Waals surface area contributed by atoms with Gasteiger partial charge in [-0.1, -0.05) is 52.5 Å². The molecule has 1 fully saturated rings. The summed E-state index contributed by atoms with van der Waals surface area (Å²) in [6.45, 7) is 3.22. The Morgan fingerprint density at radius 3 is 1.76 bits per heavy atom. The smallest absolute Gasteiger partial charge is 0.203 e. The Balaban J connectivity index is 1.71. The SMILES string of the molecule is COc1cc(C(=S)N2CCN(C(=S)c3cccc(Br)c3)CC2)cc(OC)c1OC. The van der Waals surface area contributed by atoms with Crippen molar-refractivity contribution in [1.29, 1.82) is 0 Å². The zero-order chi connectivity index (χ0) is 21.0. The zero-order valence-electron chi connectivity index (χ0n) is 16.6. The third-order valence-corrected chi connectivity index (χ3v) is 6.32. The highest BCUT2D eigenvalue weighted by atomic mass is 79.9. The molecule has 29 heavy (non-hydrogen) atoms. The Hall–Kier alpha value is -1.90. The zero-order valence-corrected chi connectivity index (χ0v) is 19.8. The Kier molecular flexibility index (Phi) is 7.32. The first-order valence-corrected chi connectivity index (χ1v) is 10.7. The molecule has 3 rings (SSSR count). The van der Waals surface area contributed by atoms with E-state index in [9.17, 15) is 0 Å². The number of hydrogen-bond donors (Lipinski definition) is 0. The van der Waals surface area contributed by atoms with Crippen LogP contribution < -0.4 is 14.2 Å². The van der Waals surface area contributed by atoms with Crippen LogP contribution in [-0.2, 0) is 0 Å². The second-order valence-electron chi connectivity index (χ2n) is 6.51. The maximum absolute atomic E-state index is 5.77. The molecular weight excluding hydrogens is 472 g/mol. The van der Waals surface area contributed by atoms with Gasteiger partial charge in [-0.05, 0) is 24.3 Å². The Morgan fingerprint density at radius 1 is 0.793 bits per heavy atom. The highest BCUT2D eigenvalue weighted by Gasteiger charge is 2.24. The van der Waals surface area contributed by atoms with Gasteiger partial charge < -0.3 is 24.0 Å². The molecule has 0 saturated carbocycles. The van der Waals surface area contributed by atoms with Crippen LogP contribution in [0.3, 0.4) is 0 Å².